The minimum atomic E-state index is 0.632. The van der Waals surface area contributed by atoms with E-state index in [0.29, 0.717) is 11.8 Å². The lowest BCUT2D eigenvalue weighted by Crippen LogP contribution is -1.95. The summed E-state index contributed by atoms with van der Waals surface area (Å²) in [6, 6.07) is 0. The number of rotatable bonds is 17. The van der Waals surface area contributed by atoms with Crippen molar-refractivity contribution in [2.75, 3.05) is 0 Å². The van der Waals surface area contributed by atoms with Gasteiger partial charge in [-0.1, -0.05) is 84.7 Å². The summed E-state index contributed by atoms with van der Waals surface area (Å²) in [5, 5.41) is 0. The molecule has 0 aromatic rings. The van der Waals surface area contributed by atoms with Crippen LogP contribution in [0.15, 0.2) is 70.9 Å². The third kappa shape index (κ3) is 17.0. The molecule has 0 aromatic carbocycles. The van der Waals surface area contributed by atoms with E-state index in [-0.39, 0.29) is 0 Å². The van der Waals surface area contributed by atoms with E-state index in [1.54, 1.807) is 0 Å². The maximum Gasteiger partial charge on any atom is -0.0234 e. The Kier molecular flexibility index (Phi) is 17.1. The van der Waals surface area contributed by atoms with E-state index in [0.717, 1.165) is 12.8 Å². The second kappa shape index (κ2) is 17.9. The lowest BCUT2D eigenvalue weighted by molar-refractivity contribution is 0.611. The van der Waals surface area contributed by atoms with Crippen LogP contribution in [0.4, 0.5) is 0 Å². The first-order valence-corrected chi connectivity index (χ1v) is 13.0. The van der Waals surface area contributed by atoms with Crippen LogP contribution in [0, 0.1) is 11.8 Å². The Morgan fingerprint density at radius 3 is 1.09 bits per heavy atom. The molecule has 0 spiro atoms. The average molecular weight is 439 g/mol. The standard InChI is InChI=1S/C32H54/c1-25(2)31(9)23-21-29(7)19-13-17-27(5)15-11-12-16-28(6)18-14-20-30(8)22-24-32(10)26(3)4/h15-16,19-20,31-32H,1,3,11-14,17-18,21-24H2,2,4-10H3/b27-15-,28-16+,29-19+,30-20-. The van der Waals surface area contributed by atoms with Gasteiger partial charge in [-0.15, -0.1) is 0 Å². The van der Waals surface area contributed by atoms with Gasteiger partial charge < -0.3 is 0 Å². The molecule has 32 heavy (non-hydrogen) atoms. The highest BCUT2D eigenvalue weighted by atomic mass is 14.1. The van der Waals surface area contributed by atoms with Gasteiger partial charge in [0.25, 0.3) is 0 Å². The lowest BCUT2D eigenvalue weighted by atomic mass is 9.95. The zero-order valence-corrected chi connectivity index (χ0v) is 22.9. The van der Waals surface area contributed by atoms with Crippen LogP contribution in [0.2, 0.25) is 0 Å². The minimum Gasteiger partial charge on any atom is -0.0999 e. The van der Waals surface area contributed by atoms with E-state index < -0.39 is 0 Å². The van der Waals surface area contributed by atoms with Gasteiger partial charge in [0.2, 0.25) is 0 Å². The van der Waals surface area contributed by atoms with Crippen molar-refractivity contribution in [3.05, 3.63) is 70.9 Å². The van der Waals surface area contributed by atoms with Crippen LogP contribution in [0.1, 0.15) is 120 Å². The van der Waals surface area contributed by atoms with Crippen LogP contribution < -0.4 is 0 Å². The quantitative estimate of drug-likeness (QED) is 0.156. The molecule has 0 heterocycles. The molecule has 182 valence electrons. The van der Waals surface area contributed by atoms with E-state index in [1.807, 2.05) is 0 Å². The molecule has 0 aliphatic heterocycles. The van der Waals surface area contributed by atoms with Crippen molar-refractivity contribution in [2.24, 2.45) is 11.8 Å². The van der Waals surface area contributed by atoms with Gasteiger partial charge in [0.1, 0.15) is 0 Å². The molecule has 2 atom stereocenters. The highest BCUT2D eigenvalue weighted by Crippen LogP contribution is 2.20. The Bertz CT molecular complexity index is 617. The SMILES string of the molecule is C=C(C)C(C)CC/C(C)=C\CC/C(C)=C/CC/C=C(/C)CC/C=C(\C)CCC(C)C(=C)C. The van der Waals surface area contributed by atoms with Gasteiger partial charge in [0.05, 0.1) is 0 Å². The smallest absolute Gasteiger partial charge is 0.0234 e. The Balaban J connectivity index is 4.10. The Labute approximate surface area is 202 Å². The largest absolute Gasteiger partial charge is 0.0999 e. The van der Waals surface area contributed by atoms with Gasteiger partial charge in [-0.05, 0) is 118 Å². The Morgan fingerprint density at radius 1 is 0.500 bits per heavy atom. The third-order valence-corrected chi connectivity index (χ3v) is 6.84. The van der Waals surface area contributed by atoms with Crippen molar-refractivity contribution in [3.63, 3.8) is 0 Å². The van der Waals surface area contributed by atoms with Gasteiger partial charge in [-0.25, -0.2) is 0 Å². The first kappa shape index (κ1) is 30.4. The van der Waals surface area contributed by atoms with Crippen molar-refractivity contribution < 1.29 is 0 Å². The number of allylic oxidation sites excluding steroid dienone is 10. The summed E-state index contributed by atoms with van der Waals surface area (Å²) in [7, 11) is 0. The van der Waals surface area contributed by atoms with Crippen molar-refractivity contribution in [1.29, 1.82) is 0 Å². The molecule has 0 radical (unpaired) electrons. The number of hydrogen-bond acceptors (Lipinski definition) is 0. The summed E-state index contributed by atoms with van der Waals surface area (Å²) in [5.74, 6) is 1.26. The third-order valence-electron chi connectivity index (χ3n) is 6.84. The van der Waals surface area contributed by atoms with E-state index in [4.69, 9.17) is 0 Å². The Hall–Kier alpha value is -1.56. The van der Waals surface area contributed by atoms with Crippen molar-refractivity contribution in [2.45, 2.75) is 120 Å². The molecule has 0 aliphatic carbocycles. The number of unbranched alkanes of at least 4 members (excludes halogenated alkanes) is 1. The molecule has 0 nitrogen and oxygen atoms in total. The Morgan fingerprint density at radius 2 is 0.781 bits per heavy atom. The van der Waals surface area contributed by atoms with Crippen LogP contribution in [0.5, 0.6) is 0 Å². The van der Waals surface area contributed by atoms with Crippen LogP contribution in [0.3, 0.4) is 0 Å². The zero-order valence-electron chi connectivity index (χ0n) is 22.9. The maximum atomic E-state index is 4.07. The molecule has 0 fully saturated rings. The monoisotopic (exact) mass is 438 g/mol. The molecule has 0 aromatic heterocycles. The average Bonchev–Trinajstić information content (AvgIpc) is 2.73. The summed E-state index contributed by atoms with van der Waals surface area (Å²) in [6.07, 6.45) is 21.6. The zero-order chi connectivity index (χ0) is 24.5. The fraction of sp³-hybridized carbons (Fsp3) is 0.625. The van der Waals surface area contributed by atoms with Crippen molar-refractivity contribution in [1.82, 2.24) is 0 Å². The summed E-state index contributed by atoms with van der Waals surface area (Å²) >= 11 is 0. The van der Waals surface area contributed by atoms with Crippen molar-refractivity contribution >= 4 is 0 Å². The minimum absolute atomic E-state index is 0.632. The molecule has 0 heteroatoms. The van der Waals surface area contributed by atoms with Gasteiger partial charge in [-0.3, -0.25) is 0 Å². The topological polar surface area (TPSA) is 0 Å². The molecular formula is C32H54. The fourth-order valence-corrected chi connectivity index (χ4v) is 3.54. The first-order valence-electron chi connectivity index (χ1n) is 13.0. The molecule has 0 bridgehead atoms. The molecule has 0 saturated carbocycles. The summed E-state index contributed by atoms with van der Waals surface area (Å²) < 4.78 is 0. The van der Waals surface area contributed by atoms with E-state index >= 15 is 0 Å². The number of hydrogen-bond donors (Lipinski definition) is 0. The predicted molar refractivity (Wildman–Crippen MR) is 149 cm³/mol. The lowest BCUT2D eigenvalue weighted by Gasteiger charge is -2.10. The maximum absolute atomic E-state index is 4.07. The van der Waals surface area contributed by atoms with Crippen molar-refractivity contribution in [3.8, 4) is 0 Å². The van der Waals surface area contributed by atoms with E-state index in [2.05, 4.69) is 92.9 Å². The van der Waals surface area contributed by atoms with Gasteiger partial charge in [0.15, 0.2) is 0 Å². The van der Waals surface area contributed by atoms with E-state index in [1.165, 1.54) is 84.8 Å². The fourth-order valence-electron chi connectivity index (χ4n) is 3.54. The van der Waals surface area contributed by atoms with Gasteiger partial charge >= 0.3 is 0 Å². The summed E-state index contributed by atoms with van der Waals surface area (Å²) in [5.41, 5.74) is 8.71. The normalized spacial score (nSPS) is 15.6. The van der Waals surface area contributed by atoms with Crippen LogP contribution in [-0.4, -0.2) is 0 Å². The van der Waals surface area contributed by atoms with Crippen LogP contribution in [0.25, 0.3) is 0 Å². The van der Waals surface area contributed by atoms with Gasteiger partial charge in [0, 0.05) is 0 Å². The van der Waals surface area contributed by atoms with Crippen LogP contribution in [-0.2, 0) is 0 Å². The molecule has 0 rings (SSSR count). The van der Waals surface area contributed by atoms with Crippen LogP contribution >= 0.6 is 0 Å². The predicted octanol–water partition coefficient (Wildman–Crippen LogP) is 11.1. The second-order valence-corrected chi connectivity index (χ2v) is 10.4. The molecule has 2 unspecified atom stereocenters. The van der Waals surface area contributed by atoms with E-state index in [9.17, 15) is 0 Å². The molecule has 0 aliphatic rings. The molecular weight excluding hydrogens is 384 g/mol. The second-order valence-electron chi connectivity index (χ2n) is 10.4. The molecule has 0 amide bonds. The molecule has 0 N–H and O–H groups in total. The summed E-state index contributed by atoms with van der Waals surface area (Å²) in [4.78, 5) is 0. The highest BCUT2D eigenvalue weighted by molar-refractivity contribution is 5.07. The first-order chi connectivity index (χ1) is 15.0. The highest BCUT2D eigenvalue weighted by Gasteiger charge is 2.03. The summed E-state index contributed by atoms with van der Waals surface area (Å²) in [6.45, 7) is 26.1. The van der Waals surface area contributed by atoms with Gasteiger partial charge in [-0.2, -0.15) is 0 Å². The molecule has 0 saturated heterocycles.